The van der Waals surface area contributed by atoms with Crippen molar-refractivity contribution in [2.75, 3.05) is 0 Å². The fourth-order valence-corrected chi connectivity index (χ4v) is 7.02. The molecule has 132 valence electrons. The molecule has 0 N–H and O–H groups in total. The van der Waals surface area contributed by atoms with E-state index in [1.165, 1.54) is 5.57 Å². The second kappa shape index (κ2) is 4.97. The molecule has 0 aromatic carbocycles. The Morgan fingerprint density at radius 3 is 2.56 bits per heavy atom. The Labute approximate surface area is 151 Å². The van der Waals surface area contributed by atoms with Crippen LogP contribution < -0.4 is 0 Å². The molecule has 25 heavy (non-hydrogen) atoms. The summed E-state index contributed by atoms with van der Waals surface area (Å²) in [4.78, 5) is 11.9. The molecule has 0 aromatic rings. The standard InChI is InChI=1S/C23H29NO/c1-14-15(2)23(5,13-24)22(4)11-9-19-18(20(14)22)7-6-16-12-17(25)8-10-21(16,19)3/h12,18-20H,1-2,6-11H2,3-5H3/t18-,19+,20+,21+,22+,23+/m1/s1. The summed E-state index contributed by atoms with van der Waals surface area (Å²) < 4.78 is 0. The monoisotopic (exact) mass is 335 g/mol. The van der Waals surface area contributed by atoms with E-state index in [-0.39, 0.29) is 10.8 Å². The third-order valence-electron chi connectivity index (χ3n) is 8.86. The Balaban J connectivity index is 1.79. The highest BCUT2D eigenvalue weighted by Crippen LogP contribution is 2.71. The van der Waals surface area contributed by atoms with Crippen LogP contribution in [0.5, 0.6) is 0 Å². The van der Waals surface area contributed by atoms with Crippen molar-refractivity contribution in [2.24, 2.45) is 34.0 Å². The normalized spacial score (nSPS) is 49.0. The summed E-state index contributed by atoms with van der Waals surface area (Å²) in [7, 11) is 0. The van der Waals surface area contributed by atoms with Crippen LogP contribution in [0.2, 0.25) is 0 Å². The van der Waals surface area contributed by atoms with E-state index < -0.39 is 5.41 Å². The van der Waals surface area contributed by atoms with Crippen molar-refractivity contribution in [1.29, 1.82) is 5.26 Å². The predicted molar refractivity (Wildman–Crippen MR) is 99.5 cm³/mol. The number of allylic oxidation sites excluding steroid dienone is 3. The van der Waals surface area contributed by atoms with Crippen LogP contribution in [0.15, 0.2) is 36.0 Å². The third-order valence-corrected chi connectivity index (χ3v) is 8.86. The van der Waals surface area contributed by atoms with Crippen LogP contribution >= 0.6 is 0 Å². The Morgan fingerprint density at radius 1 is 1.16 bits per heavy atom. The fourth-order valence-electron chi connectivity index (χ4n) is 7.02. The zero-order chi connectivity index (χ0) is 18.2. The van der Waals surface area contributed by atoms with E-state index in [1.807, 2.05) is 6.08 Å². The molecule has 3 fully saturated rings. The molecular formula is C23H29NO. The molecule has 0 aliphatic heterocycles. The molecule has 4 rings (SSSR count). The van der Waals surface area contributed by atoms with E-state index >= 15 is 0 Å². The number of carbonyl (C=O) groups is 1. The molecule has 0 aromatic heterocycles. The van der Waals surface area contributed by atoms with Gasteiger partial charge in [0.15, 0.2) is 5.78 Å². The highest BCUT2D eigenvalue weighted by atomic mass is 16.1. The van der Waals surface area contributed by atoms with Gasteiger partial charge in [0.2, 0.25) is 0 Å². The van der Waals surface area contributed by atoms with Crippen LogP contribution in [0.3, 0.4) is 0 Å². The molecule has 2 nitrogen and oxygen atoms in total. The number of nitriles is 1. The van der Waals surface area contributed by atoms with E-state index in [4.69, 9.17) is 0 Å². The van der Waals surface area contributed by atoms with Crippen LogP contribution in [0.25, 0.3) is 0 Å². The zero-order valence-electron chi connectivity index (χ0n) is 15.8. The molecule has 0 amide bonds. The minimum Gasteiger partial charge on any atom is -0.295 e. The molecule has 0 unspecified atom stereocenters. The Morgan fingerprint density at radius 2 is 1.88 bits per heavy atom. The minimum atomic E-state index is -0.501. The first-order valence-corrected chi connectivity index (χ1v) is 9.73. The summed E-state index contributed by atoms with van der Waals surface area (Å²) in [5, 5.41) is 9.98. The second-order valence-corrected chi connectivity index (χ2v) is 9.54. The van der Waals surface area contributed by atoms with Crippen LogP contribution in [0, 0.1) is 45.3 Å². The fraction of sp³-hybridized carbons (Fsp3) is 0.652. The molecule has 2 heteroatoms. The zero-order valence-corrected chi connectivity index (χ0v) is 15.8. The van der Waals surface area contributed by atoms with Gasteiger partial charge in [0.05, 0.1) is 11.5 Å². The van der Waals surface area contributed by atoms with E-state index in [9.17, 15) is 10.1 Å². The van der Waals surface area contributed by atoms with Gasteiger partial charge in [0, 0.05) is 6.42 Å². The molecule has 3 saturated carbocycles. The van der Waals surface area contributed by atoms with Crippen LogP contribution in [0.1, 0.15) is 59.3 Å². The van der Waals surface area contributed by atoms with Gasteiger partial charge in [-0.3, -0.25) is 4.79 Å². The average Bonchev–Trinajstić information content (AvgIpc) is 2.74. The lowest BCUT2D eigenvalue weighted by atomic mass is 9.45. The quantitative estimate of drug-likeness (QED) is 0.596. The summed E-state index contributed by atoms with van der Waals surface area (Å²) in [5.74, 6) is 1.83. The maximum atomic E-state index is 11.9. The highest BCUT2D eigenvalue weighted by molar-refractivity contribution is 5.91. The van der Waals surface area contributed by atoms with Gasteiger partial charge in [-0.05, 0) is 84.8 Å². The number of ketones is 1. The van der Waals surface area contributed by atoms with Crippen molar-refractivity contribution in [3.8, 4) is 6.07 Å². The van der Waals surface area contributed by atoms with Gasteiger partial charge in [-0.25, -0.2) is 0 Å². The predicted octanol–water partition coefficient (Wildman–Crippen LogP) is 5.38. The molecule has 0 spiro atoms. The first-order chi connectivity index (χ1) is 11.7. The Hall–Kier alpha value is -1.62. The second-order valence-electron chi connectivity index (χ2n) is 9.54. The van der Waals surface area contributed by atoms with Gasteiger partial charge in [0.1, 0.15) is 0 Å². The van der Waals surface area contributed by atoms with Crippen LogP contribution in [-0.2, 0) is 4.79 Å². The molecule has 6 atom stereocenters. The third kappa shape index (κ3) is 1.82. The van der Waals surface area contributed by atoms with Gasteiger partial charge in [-0.1, -0.05) is 32.6 Å². The van der Waals surface area contributed by atoms with Crippen molar-refractivity contribution in [2.45, 2.75) is 59.3 Å². The van der Waals surface area contributed by atoms with E-state index in [0.717, 1.165) is 43.3 Å². The van der Waals surface area contributed by atoms with Crippen molar-refractivity contribution in [3.05, 3.63) is 36.0 Å². The summed E-state index contributed by atoms with van der Waals surface area (Å²) in [6, 6.07) is 2.61. The number of nitrogens with zero attached hydrogens (tertiary/aromatic N) is 1. The summed E-state index contributed by atoms with van der Waals surface area (Å²) in [6.07, 6.45) is 7.98. The maximum absolute atomic E-state index is 11.9. The molecule has 0 heterocycles. The van der Waals surface area contributed by atoms with Crippen molar-refractivity contribution in [3.63, 3.8) is 0 Å². The molecule has 0 radical (unpaired) electrons. The number of fused-ring (bicyclic) bond motifs is 5. The molecule has 0 saturated heterocycles. The number of hydrogen-bond donors (Lipinski definition) is 0. The first-order valence-electron chi connectivity index (χ1n) is 9.73. The topological polar surface area (TPSA) is 40.9 Å². The van der Waals surface area contributed by atoms with Crippen molar-refractivity contribution >= 4 is 5.78 Å². The molecule has 4 aliphatic carbocycles. The van der Waals surface area contributed by atoms with Crippen LogP contribution in [0.4, 0.5) is 0 Å². The largest absolute Gasteiger partial charge is 0.295 e. The number of rotatable bonds is 0. The summed E-state index contributed by atoms with van der Waals surface area (Å²) in [5.41, 5.74) is 3.08. The van der Waals surface area contributed by atoms with E-state index in [2.05, 4.69) is 40.0 Å². The van der Waals surface area contributed by atoms with Gasteiger partial charge >= 0.3 is 0 Å². The Bertz CT molecular complexity index is 767. The lowest BCUT2D eigenvalue weighted by Crippen LogP contribution is -2.52. The van der Waals surface area contributed by atoms with Gasteiger partial charge in [-0.2, -0.15) is 5.26 Å². The summed E-state index contributed by atoms with van der Waals surface area (Å²) >= 11 is 0. The van der Waals surface area contributed by atoms with E-state index in [0.29, 0.717) is 30.0 Å². The van der Waals surface area contributed by atoms with Crippen LogP contribution in [-0.4, -0.2) is 5.78 Å². The number of carbonyl (C=O) groups excluding carboxylic acids is 1. The van der Waals surface area contributed by atoms with Crippen molar-refractivity contribution in [1.82, 2.24) is 0 Å². The average molecular weight is 335 g/mol. The van der Waals surface area contributed by atoms with Gasteiger partial charge in [0.25, 0.3) is 0 Å². The van der Waals surface area contributed by atoms with Crippen molar-refractivity contribution < 1.29 is 4.79 Å². The maximum Gasteiger partial charge on any atom is 0.155 e. The SMILES string of the molecule is C=C1C(=C)[C@](C)(C#N)[C@@]2(C)CC[C@H]3[C@@H](CCC4=CC(=O)CC[C@@]43C)[C@H]12. The molecule has 4 aliphatic rings. The van der Waals surface area contributed by atoms with Gasteiger partial charge in [-0.15, -0.1) is 0 Å². The minimum absolute atomic E-state index is 0.0564. The van der Waals surface area contributed by atoms with Gasteiger partial charge < -0.3 is 0 Å². The lowest BCUT2D eigenvalue weighted by molar-refractivity contribution is -0.117. The summed E-state index contributed by atoms with van der Waals surface area (Å²) in [6.45, 7) is 15.5. The Kier molecular flexibility index (Phi) is 3.34. The number of hydrogen-bond acceptors (Lipinski definition) is 2. The lowest BCUT2D eigenvalue weighted by Gasteiger charge is -2.58. The van der Waals surface area contributed by atoms with E-state index in [1.54, 1.807) is 0 Å². The first kappa shape index (κ1) is 16.8. The molecular weight excluding hydrogens is 306 g/mol. The molecule has 0 bridgehead atoms. The smallest absolute Gasteiger partial charge is 0.155 e. The highest BCUT2D eigenvalue weighted by Gasteiger charge is 2.65.